The highest BCUT2D eigenvalue weighted by atomic mass is 16.7. The van der Waals surface area contributed by atoms with Crippen molar-refractivity contribution in [3.05, 3.63) is 47.5 Å². The average molecular weight is 264 g/mol. The fourth-order valence-electron chi connectivity index (χ4n) is 1.45. The molecule has 0 aliphatic heterocycles. The SMILES string of the molecule is C=C(C)C(O)OC(CC)OC(=O)c1ccccc1C. The summed E-state index contributed by atoms with van der Waals surface area (Å²) in [6, 6.07) is 7.15. The van der Waals surface area contributed by atoms with Gasteiger partial charge in [-0.2, -0.15) is 0 Å². The van der Waals surface area contributed by atoms with E-state index < -0.39 is 18.5 Å². The largest absolute Gasteiger partial charge is 0.432 e. The number of ether oxygens (including phenoxy) is 2. The van der Waals surface area contributed by atoms with Gasteiger partial charge in [0, 0.05) is 6.42 Å². The predicted octanol–water partition coefficient (Wildman–Crippen LogP) is 2.80. The topological polar surface area (TPSA) is 55.8 Å². The van der Waals surface area contributed by atoms with E-state index in [9.17, 15) is 9.90 Å². The van der Waals surface area contributed by atoms with Crippen molar-refractivity contribution in [1.29, 1.82) is 0 Å². The van der Waals surface area contributed by atoms with Crippen LogP contribution in [-0.4, -0.2) is 23.7 Å². The minimum atomic E-state index is -1.13. The quantitative estimate of drug-likeness (QED) is 0.487. The van der Waals surface area contributed by atoms with Crippen molar-refractivity contribution in [2.24, 2.45) is 0 Å². The molecule has 104 valence electrons. The number of aliphatic hydroxyl groups excluding tert-OH is 1. The zero-order chi connectivity index (χ0) is 14.4. The van der Waals surface area contributed by atoms with E-state index in [1.54, 1.807) is 26.0 Å². The molecule has 0 aromatic heterocycles. The molecule has 4 nitrogen and oxygen atoms in total. The Morgan fingerprint density at radius 1 is 1.42 bits per heavy atom. The Morgan fingerprint density at radius 3 is 2.58 bits per heavy atom. The van der Waals surface area contributed by atoms with Gasteiger partial charge in [-0.3, -0.25) is 0 Å². The summed E-state index contributed by atoms with van der Waals surface area (Å²) in [5, 5.41) is 9.55. The number of aryl methyl sites for hydroxylation is 1. The van der Waals surface area contributed by atoms with Gasteiger partial charge in [-0.05, 0) is 31.1 Å². The van der Waals surface area contributed by atoms with Crippen LogP contribution in [0.5, 0.6) is 0 Å². The molecule has 1 aromatic carbocycles. The van der Waals surface area contributed by atoms with Gasteiger partial charge in [0.2, 0.25) is 6.29 Å². The number of esters is 1. The van der Waals surface area contributed by atoms with Gasteiger partial charge in [0.1, 0.15) is 0 Å². The third kappa shape index (κ3) is 4.50. The highest BCUT2D eigenvalue weighted by Crippen LogP contribution is 2.14. The Hall–Kier alpha value is -1.65. The molecule has 0 spiro atoms. The first kappa shape index (κ1) is 15.4. The molecule has 19 heavy (non-hydrogen) atoms. The van der Waals surface area contributed by atoms with E-state index in [1.807, 2.05) is 19.1 Å². The molecule has 2 atom stereocenters. The van der Waals surface area contributed by atoms with Gasteiger partial charge in [0.25, 0.3) is 0 Å². The van der Waals surface area contributed by atoms with Crippen LogP contribution in [0.15, 0.2) is 36.4 Å². The first-order chi connectivity index (χ1) is 8.95. The molecule has 0 radical (unpaired) electrons. The molecule has 4 heteroatoms. The summed E-state index contributed by atoms with van der Waals surface area (Å²) in [4.78, 5) is 12.0. The number of benzene rings is 1. The molecule has 0 aliphatic rings. The van der Waals surface area contributed by atoms with Crippen LogP contribution in [0, 0.1) is 6.92 Å². The third-order valence-corrected chi connectivity index (χ3v) is 2.64. The lowest BCUT2D eigenvalue weighted by molar-refractivity contribution is -0.192. The van der Waals surface area contributed by atoms with Gasteiger partial charge in [0.15, 0.2) is 6.29 Å². The number of aliphatic hydroxyl groups is 1. The molecule has 0 fully saturated rings. The molecule has 1 aromatic rings. The smallest absolute Gasteiger partial charge is 0.340 e. The van der Waals surface area contributed by atoms with Crippen LogP contribution in [-0.2, 0) is 9.47 Å². The lowest BCUT2D eigenvalue weighted by atomic mass is 10.1. The summed E-state index contributed by atoms with van der Waals surface area (Å²) in [7, 11) is 0. The van der Waals surface area contributed by atoms with Crippen LogP contribution in [0.3, 0.4) is 0 Å². The molecule has 0 aliphatic carbocycles. The lowest BCUT2D eigenvalue weighted by Crippen LogP contribution is -2.27. The van der Waals surface area contributed by atoms with E-state index in [0.29, 0.717) is 17.6 Å². The molecular weight excluding hydrogens is 244 g/mol. The summed E-state index contributed by atoms with van der Waals surface area (Å²) in [6.45, 7) is 8.86. The molecule has 1 N–H and O–H groups in total. The predicted molar refractivity (Wildman–Crippen MR) is 72.6 cm³/mol. The zero-order valence-electron chi connectivity index (χ0n) is 11.6. The minimum Gasteiger partial charge on any atom is -0.432 e. The van der Waals surface area contributed by atoms with E-state index in [0.717, 1.165) is 5.56 Å². The van der Waals surface area contributed by atoms with Crippen molar-refractivity contribution in [3.8, 4) is 0 Å². The van der Waals surface area contributed by atoms with Crippen LogP contribution in [0.1, 0.15) is 36.2 Å². The summed E-state index contributed by atoms with van der Waals surface area (Å²) in [5.74, 6) is -0.459. The fourth-order valence-corrected chi connectivity index (χ4v) is 1.45. The van der Waals surface area contributed by atoms with E-state index in [-0.39, 0.29) is 0 Å². The van der Waals surface area contributed by atoms with Gasteiger partial charge in [-0.1, -0.05) is 31.7 Å². The molecule has 0 heterocycles. The minimum absolute atomic E-state index is 0.446. The summed E-state index contributed by atoms with van der Waals surface area (Å²) < 4.78 is 10.4. The maximum Gasteiger partial charge on any atom is 0.340 e. The Balaban J connectivity index is 2.69. The Labute approximate surface area is 113 Å². The molecule has 0 amide bonds. The lowest BCUT2D eigenvalue weighted by Gasteiger charge is -2.21. The number of carbonyl (C=O) groups excluding carboxylic acids is 1. The monoisotopic (exact) mass is 264 g/mol. The van der Waals surface area contributed by atoms with Crippen molar-refractivity contribution in [1.82, 2.24) is 0 Å². The van der Waals surface area contributed by atoms with E-state index in [2.05, 4.69) is 6.58 Å². The zero-order valence-corrected chi connectivity index (χ0v) is 11.6. The maximum absolute atomic E-state index is 12.0. The van der Waals surface area contributed by atoms with Crippen LogP contribution < -0.4 is 0 Å². The second kappa shape index (κ2) is 7.07. The summed E-state index contributed by atoms with van der Waals surface area (Å²) in [6.07, 6.45) is -1.48. The normalized spacial score (nSPS) is 13.7. The van der Waals surface area contributed by atoms with Crippen molar-refractivity contribution in [3.63, 3.8) is 0 Å². The number of hydrogen-bond donors (Lipinski definition) is 1. The fraction of sp³-hybridized carbons (Fsp3) is 0.400. The average Bonchev–Trinajstić information content (AvgIpc) is 2.37. The maximum atomic E-state index is 12.0. The van der Waals surface area contributed by atoms with Crippen LogP contribution in [0.2, 0.25) is 0 Å². The second-order valence-electron chi connectivity index (χ2n) is 4.39. The molecule has 2 unspecified atom stereocenters. The van der Waals surface area contributed by atoms with Gasteiger partial charge >= 0.3 is 5.97 Å². The Bertz CT molecular complexity index is 453. The highest BCUT2D eigenvalue weighted by molar-refractivity contribution is 5.91. The highest BCUT2D eigenvalue weighted by Gasteiger charge is 2.19. The molecular formula is C15H20O4. The number of carbonyl (C=O) groups is 1. The van der Waals surface area contributed by atoms with Crippen molar-refractivity contribution in [2.45, 2.75) is 39.8 Å². The van der Waals surface area contributed by atoms with E-state index in [4.69, 9.17) is 9.47 Å². The van der Waals surface area contributed by atoms with Gasteiger partial charge in [-0.25, -0.2) is 4.79 Å². The Morgan fingerprint density at radius 2 is 2.05 bits per heavy atom. The van der Waals surface area contributed by atoms with Crippen molar-refractivity contribution < 1.29 is 19.4 Å². The van der Waals surface area contributed by atoms with Crippen LogP contribution in [0.4, 0.5) is 0 Å². The van der Waals surface area contributed by atoms with Crippen molar-refractivity contribution >= 4 is 5.97 Å². The van der Waals surface area contributed by atoms with E-state index in [1.165, 1.54) is 0 Å². The van der Waals surface area contributed by atoms with Gasteiger partial charge in [0.05, 0.1) is 5.56 Å². The standard InChI is InChI=1S/C15H20O4/c1-5-13(18-14(16)10(2)3)19-15(17)12-9-7-6-8-11(12)4/h6-9,13-14,16H,2,5H2,1,3-4H3. The molecule has 0 saturated heterocycles. The Kier molecular flexibility index (Phi) is 5.73. The third-order valence-electron chi connectivity index (χ3n) is 2.64. The van der Waals surface area contributed by atoms with Crippen LogP contribution >= 0.6 is 0 Å². The first-order valence-corrected chi connectivity index (χ1v) is 6.21. The molecule has 0 bridgehead atoms. The number of rotatable bonds is 6. The molecule has 0 saturated carbocycles. The van der Waals surface area contributed by atoms with E-state index >= 15 is 0 Å². The second-order valence-corrected chi connectivity index (χ2v) is 4.39. The first-order valence-electron chi connectivity index (χ1n) is 6.21. The van der Waals surface area contributed by atoms with Crippen LogP contribution in [0.25, 0.3) is 0 Å². The molecule has 1 rings (SSSR count). The summed E-state index contributed by atoms with van der Waals surface area (Å²) in [5.41, 5.74) is 1.79. The van der Waals surface area contributed by atoms with Crippen molar-refractivity contribution in [2.75, 3.05) is 0 Å². The summed E-state index contributed by atoms with van der Waals surface area (Å²) >= 11 is 0. The van der Waals surface area contributed by atoms with Gasteiger partial charge < -0.3 is 14.6 Å². The number of hydrogen-bond acceptors (Lipinski definition) is 4. The van der Waals surface area contributed by atoms with Gasteiger partial charge in [-0.15, -0.1) is 0 Å².